The van der Waals surface area contributed by atoms with E-state index in [0.717, 1.165) is 35.4 Å². The number of rotatable bonds is 5. The summed E-state index contributed by atoms with van der Waals surface area (Å²) >= 11 is 0. The predicted octanol–water partition coefficient (Wildman–Crippen LogP) is 4.15. The van der Waals surface area contributed by atoms with E-state index in [-0.39, 0.29) is 6.04 Å². The molecule has 0 saturated carbocycles. The lowest BCUT2D eigenvalue weighted by molar-refractivity contribution is 0.603. The lowest BCUT2D eigenvalue weighted by Gasteiger charge is -2.13. The maximum Gasteiger partial charge on any atom is 0.127 e. The Morgan fingerprint density at radius 1 is 1.40 bits per heavy atom. The lowest BCUT2D eigenvalue weighted by atomic mass is 10.0. The molecule has 0 amide bonds. The molecule has 1 heterocycles. The summed E-state index contributed by atoms with van der Waals surface area (Å²) in [6.45, 7) is 13.3. The molecule has 0 spiro atoms. The van der Waals surface area contributed by atoms with Crippen LogP contribution in [0.4, 0.5) is 0 Å². The van der Waals surface area contributed by atoms with Crippen molar-refractivity contribution in [1.29, 1.82) is 0 Å². The molecule has 20 heavy (non-hydrogen) atoms. The van der Waals surface area contributed by atoms with Crippen LogP contribution in [0.2, 0.25) is 0 Å². The molecule has 0 aliphatic heterocycles. The van der Waals surface area contributed by atoms with Gasteiger partial charge in [0, 0.05) is 6.54 Å². The molecule has 108 valence electrons. The average Bonchev–Trinajstić information content (AvgIpc) is 2.75. The Morgan fingerprint density at radius 2 is 2.10 bits per heavy atom. The summed E-state index contributed by atoms with van der Waals surface area (Å²) in [5.41, 5.74) is 10.8. The normalized spacial score (nSPS) is 13.1. The predicted molar refractivity (Wildman–Crippen MR) is 85.9 cm³/mol. The summed E-state index contributed by atoms with van der Waals surface area (Å²) in [6, 6.07) is 6.50. The van der Waals surface area contributed by atoms with Gasteiger partial charge in [-0.25, -0.2) is 4.98 Å². The van der Waals surface area contributed by atoms with Crippen molar-refractivity contribution in [2.24, 2.45) is 5.73 Å². The van der Waals surface area contributed by atoms with Gasteiger partial charge in [0.15, 0.2) is 0 Å². The van der Waals surface area contributed by atoms with E-state index in [4.69, 9.17) is 10.7 Å². The topological polar surface area (TPSA) is 43.8 Å². The molecule has 0 aliphatic carbocycles. The molecule has 1 atom stereocenters. The third-order valence-electron chi connectivity index (χ3n) is 3.67. The van der Waals surface area contributed by atoms with Gasteiger partial charge in [-0.05, 0) is 37.0 Å². The highest BCUT2D eigenvalue weighted by molar-refractivity contribution is 5.77. The van der Waals surface area contributed by atoms with Crippen LogP contribution in [-0.4, -0.2) is 9.55 Å². The standard InChI is InChI=1S/C17H25N3/c1-6-14(18)17-19-15-9-13(12(4)5)7-8-16(15)20(17)10-11(2)3/h7-9,12,14H,2,6,10,18H2,1,3-5H3. The second kappa shape index (κ2) is 5.80. The Balaban J connectivity index is 2.61. The molecule has 1 aromatic carbocycles. The maximum absolute atomic E-state index is 6.22. The number of hydrogen-bond acceptors (Lipinski definition) is 2. The quantitative estimate of drug-likeness (QED) is 0.830. The van der Waals surface area contributed by atoms with Crippen LogP contribution in [-0.2, 0) is 6.54 Å². The molecule has 2 aromatic rings. The largest absolute Gasteiger partial charge is 0.323 e. The monoisotopic (exact) mass is 271 g/mol. The fourth-order valence-electron chi connectivity index (χ4n) is 2.43. The van der Waals surface area contributed by atoms with Gasteiger partial charge in [0.25, 0.3) is 0 Å². The molecule has 0 aliphatic rings. The Labute approximate surface area is 121 Å². The zero-order chi connectivity index (χ0) is 14.9. The molecular formula is C17H25N3. The van der Waals surface area contributed by atoms with Crippen LogP contribution >= 0.6 is 0 Å². The molecule has 0 saturated heterocycles. The van der Waals surface area contributed by atoms with Crippen LogP contribution in [0.25, 0.3) is 11.0 Å². The number of imidazole rings is 1. The van der Waals surface area contributed by atoms with Crippen LogP contribution in [0.3, 0.4) is 0 Å². The van der Waals surface area contributed by atoms with E-state index in [1.807, 2.05) is 6.92 Å². The van der Waals surface area contributed by atoms with Crippen molar-refractivity contribution in [3.63, 3.8) is 0 Å². The number of fused-ring (bicyclic) bond motifs is 1. The van der Waals surface area contributed by atoms with Gasteiger partial charge in [0.1, 0.15) is 5.82 Å². The SMILES string of the molecule is C=C(C)Cn1c(C(N)CC)nc2cc(C(C)C)ccc21. The van der Waals surface area contributed by atoms with Crippen molar-refractivity contribution >= 4 is 11.0 Å². The Morgan fingerprint density at radius 3 is 2.65 bits per heavy atom. The first-order valence-electron chi connectivity index (χ1n) is 7.34. The van der Waals surface area contributed by atoms with Crippen molar-refractivity contribution in [3.8, 4) is 0 Å². The summed E-state index contributed by atoms with van der Waals surface area (Å²) < 4.78 is 2.20. The number of allylic oxidation sites excluding steroid dienone is 1. The molecule has 0 radical (unpaired) electrons. The summed E-state index contributed by atoms with van der Waals surface area (Å²) in [7, 11) is 0. The molecule has 2 N–H and O–H groups in total. The second-order valence-electron chi connectivity index (χ2n) is 5.93. The summed E-state index contributed by atoms with van der Waals surface area (Å²) in [5.74, 6) is 1.47. The van der Waals surface area contributed by atoms with Gasteiger partial charge in [0.05, 0.1) is 17.1 Å². The Hall–Kier alpha value is -1.61. The Kier molecular flexibility index (Phi) is 4.29. The van der Waals surface area contributed by atoms with Gasteiger partial charge in [-0.15, -0.1) is 0 Å². The van der Waals surface area contributed by atoms with E-state index in [0.29, 0.717) is 5.92 Å². The molecule has 1 aromatic heterocycles. The lowest BCUT2D eigenvalue weighted by Crippen LogP contribution is -2.16. The molecule has 0 bridgehead atoms. The minimum Gasteiger partial charge on any atom is -0.323 e. The zero-order valence-electron chi connectivity index (χ0n) is 13.0. The number of benzene rings is 1. The number of nitrogens with two attached hydrogens (primary N) is 1. The third-order valence-corrected chi connectivity index (χ3v) is 3.67. The first kappa shape index (κ1) is 14.8. The van der Waals surface area contributed by atoms with Gasteiger partial charge in [-0.2, -0.15) is 0 Å². The second-order valence-corrected chi connectivity index (χ2v) is 5.93. The minimum atomic E-state index is -0.0238. The van der Waals surface area contributed by atoms with E-state index in [2.05, 4.69) is 50.1 Å². The van der Waals surface area contributed by atoms with Crippen molar-refractivity contribution in [2.75, 3.05) is 0 Å². The minimum absolute atomic E-state index is 0.0238. The summed E-state index contributed by atoms with van der Waals surface area (Å²) in [4.78, 5) is 4.78. The maximum atomic E-state index is 6.22. The van der Waals surface area contributed by atoms with Crippen molar-refractivity contribution in [2.45, 2.75) is 52.6 Å². The zero-order valence-corrected chi connectivity index (χ0v) is 13.0. The van der Waals surface area contributed by atoms with Gasteiger partial charge >= 0.3 is 0 Å². The third kappa shape index (κ3) is 2.78. The fourth-order valence-corrected chi connectivity index (χ4v) is 2.43. The van der Waals surface area contributed by atoms with Crippen LogP contribution in [0.1, 0.15) is 57.5 Å². The molecule has 0 fully saturated rings. The number of nitrogens with zero attached hydrogens (tertiary/aromatic N) is 2. The van der Waals surface area contributed by atoms with Gasteiger partial charge in [0.2, 0.25) is 0 Å². The first-order chi connectivity index (χ1) is 9.43. The average molecular weight is 271 g/mol. The van der Waals surface area contributed by atoms with E-state index in [1.54, 1.807) is 0 Å². The highest BCUT2D eigenvalue weighted by Gasteiger charge is 2.16. The van der Waals surface area contributed by atoms with Crippen molar-refractivity contribution in [3.05, 3.63) is 41.7 Å². The fraction of sp³-hybridized carbons (Fsp3) is 0.471. The van der Waals surface area contributed by atoms with Gasteiger partial charge in [-0.3, -0.25) is 0 Å². The molecule has 3 nitrogen and oxygen atoms in total. The van der Waals surface area contributed by atoms with Crippen LogP contribution in [0.5, 0.6) is 0 Å². The molecule has 2 rings (SSSR count). The Bertz CT molecular complexity index is 622. The molecular weight excluding hydrogens is 246 g/mol. The van der Waals surface area contributed by atoms with Crippen LogP contribution < -0.4 is 5.73 Å². The van der Waals surface area contributed by atoms with Crippen LogP contribution in [0, 0.1) is 0 Å². The van der Waals surface area contributed by atoms with E-state index < -0.39 is 0 Å². The van der Waals surface area contributed by atoms with Crippen molar-refractivity contribution in [1.82, 2.24) is 9.55 Å². The molecule has 1 unspecified atom stereocenters. The number of hydrogen-bond donors (Lipinski definition) is 1. The van der Waals surface area contributed by atoms with Crippen molar-refractivity contribution < 1.29 is 0 Å². The van der Waals surface area contributed by atoms with E-state index >= 15 is 0 Å². The highest BCUT2D eigenvalue weighted by atomic mass is 15.1. The first-order valence-corrected chi connectivity index (χ1v) is 7.34. The summed E-state index contributed by atoms with van der Waals surface area (Å²) in [5, 5.41) is 0. The summed E-state index contributed by atoms with van der Waals surface area (Å²) in [6.07, 6.45) is 0.885. The van der Waals surface area contributed by atoms with Gasteiger partial charge in [-0.1, -0.05) is 39.0 Å². The highest BCUT2D eigenvalue weighted by Crippen LogP contribution is 2.25. The van der Waals surface area contributed by atoms with E-state index in [1.165, 1.54) is 5.56 Å². The van der Waals surface area contributed by atoms with Crippen LogP contribution in [0.15, 0.2) is 30.4 Å². The number of aromatic nitrogens is 2. The van der Waals surface area contributed by atoms with E-state index in [9.17, 15) is 0 Å². The van der Waals surface area contributed by atoms with Gasteiger partial charge < -0.3 is 10.3 Å². The smallest absolute Gasteiger partial charge is 0.127 e. The molecule has 3 heteroatoms.